The number of rotatable bonds is 5. The highest BCUT2D eigenvalue weighted by molar-refractivity contribution is 7.12. The van der Waals surface area contributed by atoms with Crippen LogP contribution in [0.1, 0.15) is 38.1 Å². The Morgan fingerprint density at radius 3 is 2.52 bits per heavy atom. The maximum absolute atomic E-state index is 12.3. The van der Waals surface area contributed by atoms with E-state index in [-0.39, 0.29) is 11.8 Å². The maximum atomic E-state index is 12.3. The van der Waals surface area contributed by atoms with Crippen LogP contribution in [0.2, 0.25) is 0 Å². The van der Waals surface area contributed by atoms with Gasteiger partial charge in [0.25, 0.3) is 11.8 Å². The first-order valence-corrected chi connectivity index (χ1v) is 9.28. The number of aryl methyl sites for hydroxylation is 1. The van der Waals surface area contributed by atoms with Crippen LogP contribution < -0.4 is 10.7 Å². The van der Waals surface area contributed by atoms with Gasteiger partial charge in [-0.25, -0.2) is 5.43 Å². The Morgan fingerprint density at radius 1 is 0.963 bits per heavy atom. The van der Waals surface area contributed by atoms with Gasteiger partial charge in [-0.3, -0.25) is 9.59 Å². The van der Waals surface area contributed by atoms with E-state index in [0.29, 0.717) is 21.8 Å². The van der Waals surface area contributed by atoms with Gasteiger partial charge >= 0.3 is 0 Å². The van der Waals surface area contributed by atoms with Crippen molar-refractivity contribution in [1.29, 1.82) is 0 Å². The molecule has 2 amide bonds. The fourth-order valence-electron chi connectivity index (χ4n) is 2.51. The predicted molar refractivity (Wildman–Crippen MR) is 110 cm³/mol. The van der Waals surface area contributed by atoms with Gasteiger partial charge in [0.1, 0.15) is 0 Å². The summed E-state index contributed by atoms with van der Waals surface area (Å²) in [6.07, 6.45) is 0. The number of benzene rings is 2. The lowest BCUT2D eigenvalue weighted by atomic mass is 10.1. The number of thiophene rings is 1. The van der Waals surface area contributed by atoms with Crippen molar-refractivity contribution in [1.82, 2.24) is 5.43 Å². The second kappa shape index (κ2) is 8.42. The fourth-order valence-corrected chi connectivity index (χ4v) is 3.13. The van der Waals surface area contributed by atoms with Crippen molar-refractivity contribution in [3.8, 4) is 0 Å². The average molecular weight is 377 g/mol. The molecule has 0 aliphatic carbocycles. The van der Waals surface area contributed by atoms with E-state index in [9.17, 15) is 9.59 Å². The molecule has 0 bridgehead atoms. The summed E-state index contributed by atoms with van der Waals surface area (Å²) in [6, 6.07) is 18.3. The molecule has 136 valence electrons. The number of hydrogen-bond donors (Lipinski definition) is 2. The molecule has 0 spiro atoms. The van der Waals surface area contributed by atoms with Gasteiger partial charge in [-0.1, -0.05) is 36.4 Å². The van der Waals surface area contributed by atoms with Crippen LogP contribution in [0.15, 0.2) is 71.1 Å². The highest BCUT2D eigenvalue weighted by Crippen LogP contribution is 2.15. The summed E-state index contributed by atoms with van der Waals surface area (Å²) in [6.45, 7) is 3.68. The molecule has 1 heterocycles. The normalized spacial score (nSPS) is 11.1. The Bertz CT molecular complexity index is 994. The van der Waals surface area contributed by atoms with Crippen molar-refractivity contribution >= 4 is 34.6 Å². The van der Waals surface area contributed by atoms with Gasteiger partial charge in [0.2, 0.25) is 0 Å². The van der Waals surface area contributed by atoms with Crippen LogP contribution in [0.3, 0.4) is 0 Å². The van der Waals surface area contributed by atoms with Crippen LogP contribution in [0.25, 0.3) is 0 Å². The third-order valence-corrected chi connectivity index (χ3v) is 4.87. The summed E-state index contributed by atoms with van der Waals surface area (Å²) in [5.74, 6) is -0.404. The maximum Gasteiger partial charge on any atom is 0.271 e. The number of carbonyl (C=O) groups is 2. The molecule has 1 aromatic heterocycles. The van der Waals surface area contributed by atoms with E-state index in [0.717, 1.165) is 11.1 Å². The van der Waals surface area contributed by atoms with E-state index in [1.807, 2.05) is 60.8 Å². The number of anilines is 1. The molecule has 3 rings (SSSR count). The summed E-state index contributed by atoms with van der Waals surface area (Å²) in [5, 5.41) is 8.92. The minimum atomic E-state index is -0.255. The molecular formula is C21H19N3O2S. The summed E-state index contributed by atoms with van der Waals surface area (Å²) in [5.41, 5.74) is 6.19. The molecule has 2 aromatic carbocycles. The number of nitrogens with zero attached hydrogens (tertiary/aromatic N) is 1. The van der Waals surface area contributed by atoms with Gasteiger partial charge in [-0.2, -0.15) is 5.10 Å². The zero-order chi connectivity index (χ0) is 19.2. The molecule has 0 saturated heterocycles. The predicted octanol–water partition coefficient (Wildman–Crippen LogP) is 4.46. The topological polar surface area (TPSA) is 70.6 Å². The number of hydrogen-bond acceptors (Lipinski definition) is 4. The molecule has 0 aliphatic rings. The minimum absolute atomic E-state index is 0.149. The lowest BCUT2D eigenvalue weighted by Crippen LogP contribution is -2.20. The molecule has 0 radical (unpaired) electrons. The Morgan fingerprint density at radius 2 is 1.78 bits per heavy atom. The zero-order valence-corrected chi connectivity index (χ0v) is 15.8. The van der Waals surface area contributed by atoms with Crippen molar-refractivity contribution in [3.63, 3.8) is 0 Å². The molecule has 0 atom stereocenters. The van der Waals surface area contributed by atoms with E-state index in [1.54, 1.807) is 19.1 Å². The number of amides is 2. The van der Waals surface area contributed by atoms with E-state index >= 15 is 0 Å². The van der Waals surface area contributed by atoms with Crippen molar-refractivity contribution in [2.45, 2.75) is 13.8 Å². The van der Waals surface area contributed by atoms with Gasteiger partial charge in [-0.15, -0.1) is 11.3 Å². The number of nitrogens with one attached hydrogen (secondary N) is 2. The fraction of sp³-hybridized carbons (Fsp3) is 0.0952. The van der Waals surface area contributed by atoms with Crippen LogP contribution in [0, 0.1) is 6.92 Å². The van der Waals surface area contributed by atoms with E-state index < -0.39 is 0 Å². The summed E-state index contributed by atoms with van der Waals surface area (Å²) in [4.78, 5) is 25.1. The minimum Gasteiger partial charge on any atom is -0.321 e. The Hall–Kier alpha value is -3.25. The number of carbonyl (C=O) groups excluding carboxylic acids is 2. The van der Waals surface area contributed by atoms with E-state index in [1.165, 1.54) is 11.3 Å². The van der Waals surface area contributed by atoms with E-state index in [2.05, 4.69) is 15.8 Å². The summed E-state index contributed by atoms with van der Waals surface area (Å²) in [7, 11) is 0. The molecule has 0 unspecified atom stereocenters. The average Bonchev–Trinajstić information content (AvgIpc) is 3.21. The highest BCUT2D eigenvalue weighted by atomic mass is 32.1. The molecule has 5 nitrogen and oxygen atoms in total. The van der Waals surface area contributed by atoms with Crippen molar-refractivity contribution < 1.29 is 9.59 Å². The molecule has 0 fully saturated rings. The Labute approximate surface area is 161 Å². The first-order valence-electron chi connectivity index (χ1n) is 8.40. The van der Waals surface area contributed by atoms with Crippen molar-refractivity contribution in [2.75, 3.05) is 5.32 Å². The van der Waals surface area contributed by atoms with Crippen LogP contribution in [0.5, 0.6) is 0 Å². The third kappa shape index (κ3) is 4.68. The monoisotopic (exact) mass is 377 g/mol. The molecule has 3 aromatic rings. The first kappa shape index (κ1) is 18.5. The van der Waals surface area contributed by atoms with Crippen LogP contribution in [0.4, 0.5) is 5.69 Å². The third-order valence-electron chi connectivity index (χ3n) is 4.00. The van der Waals surface area contributed by atoms with Gasteiger partial charge in [-0.05, 0) is 54.6 Å². The molecular weight excluding hydrogens is 358 g/mol. The lowest BCUT2D eigenvalue weighted by molar-refractivity contribution is 0.0953. The van der Waals surface area contributed by atoms with Crippen LogP contribution in [-0.2, 0) is 0 Å². The molecule has 0 aliphatic heterocycles. The van der Waals surface area contributed by atoms with Crippen LogP contribution in [-0.4, -0.2) is 17.5 Å². The molecule has 6 heteroatoms. The van der Waals surface area contributed by atoms with Gasteiger partial charge in [0.15, 0.2) is 0 Å². The summed E-state index contributed by atoms with van der Waals surface area (Å²) < 4.78 is 0. The van der Waals surface area contributed by atoms with Gasteiger partial charge in [0.05, 0.1) is 10.6 Å². The second-order valence-corrected chi connectivity index (χ2v) is 6.91. The zero-order valence-electron chi connectivity index (χ0n) is 15.0. The highest BCUT2D eigenvalue weighted by Gasteiger charge is 2.09. The van der Waals surface area contributed by atoms with Crippen LogP contribution >= 0.6 is 11.3 Å². The molecule has 0 saturated carbocycles. The lowest BCUT2D eigenvalue weighted by Gasteiger charge is -2.08. The largest absolute Gasteiger partial charge is 0.321 e. The van der Waals surface area contributed by atoms with Gasteiger partial charge < -0.3 is 5.32 Å². The summed E-state index contributed by atoms with van der Waals surface area (Å²) >= 11 is 1.39. The van der Waals surface area contributed by atoms with Gasteiger partial charge in [0, 0.05) is 11.3 Å². The Kier molecular flexibility index (Phi) is 5.78. The van der Waals surface area contributed by atoms with Crippen molar-refractivity contribution in [2.24, 2.45) is 5.10 Å². The Balaban J connectivity index is 1.70. The molecule has 2 N–H and O–H groups in total. The second-order valence-electron chi connectivity index (χ2n) is 5.97. The first-order chi connectivity index (χ1) is 13.0. The standard InChI is InChI=1S/C21H19N3O2S/c1-14-7-3-4-10-18(14)20(25)24-23-15(2)16-8-5-9-17(13-16)22-21(26)19-11-6-12-27-19/h3-13H,1-2H3,(H,22,26)(H,24,25). The SMILES string of the molecule is CC(=NNC(=O)c1ccccc1C)c1cccc(NC(=O)c2cccs2)c1. The quantitative estimate of drug-likeness (QED) is 0.509. The number of hydrazone groups is 1. The molecule has 27 heavy (non-hydrogen) atoms. The van der Waals surface area contributed by atoms with E-state index in [4.69, 9.17) is 0 Å². The van der Waals surface area contributed by atoms with Crippen molar-refractivity contribution in [3.05, 3.63) is 87.6 Å². The smallest absolute Gasteiger partial charge is 0.271 e.